The van der Waals surface area contributed by atoms with Crippen molar-refractivity contribution < 1.29 is 22.6 Å². The van der Waals surface area contributed by atoms with Gasteiger partial charge in [0, 0.05) is 29.6 Å². The molecule has 0 saturated carbocycles. The SMILES string of the molecule is O=[Si](O)O[Si](=O)O.[Na]. The minimum absolute atomic E-state index is 0. The molecule has 8 heavy (non-hydrogen) atoms. The van der Waals surface area contributed by atoms with Crippen LogP contribution in [0.5, 0.6) is 0 Å². The molecule has 0 aromatic carbocycles. The minimum atomic E-state index is -3.20. The van der Waals surface area contributed by atoms with Crippen molar-refractivity contribution in [3.8, 4) is 0 Å². The zero-order chi connectivity index (χ0) is 5.86. The van der Waals surface area contributed by atoms with Gasteiger partial charge in [-0.2, -0.15) is 0 Å². The quantitative estimate of drug-likeness (QED) is 0.435. The van der Waals surface area contributed by atoms with Crippen molar-refractivity contribution in [2.45, 2.75) is 0 Å². The summed E-state index contributed by atoms with van der Waals surface area (Å²) in [5, 5.41) is 0. The molecular formula is H2NaO5Si2. The summed E-state index contributed by atoms with van der Waals surface area (Å²) in [4.78, 5) is 15.4. The maximum absolute atomic E-state index is 9.44. The van der Waals surface area contributed by atoms with Crippen LogP contribution >= 0.6 is 0 Å². The third kappa shape index (κ3) is 9.66. The Kier molecular flexibility index (Phi) is 7.84. The predicted octanol–water partition coefficient (Wildman–Crippen LogP) is -2.56. The van der Waals surface area contributed by atoms with E-state index in [0.29, 0.717) is 0 Å². The van der Waals surface area contributed by atoms with Gasteiger partial charge >= 0.3 is 18.3 Å². The smallest absolute Gasteiger partial charge is 0.512 e. The average molecular weight is 161 g/mol. The molecule has 0 heterocycles. The zero-order valence-corrected chi connectivity index (χ0v) is 8.12. The molecule has 0 aliphatic carbocycles. The first-order chi connectivity index (χ1) is 3.13. The topological polar surface area (TPSA) is 83.8 Å². The zero-order valence-electron chi connectivity index (χ0n) is 4.12. The first-order valence-corrected chi connectivity index (χ1v) is 3.79. The maximum atomic E-state index is 9.44. The van der Waals surface area contributed by atoms with Crippen molar-refractivity contribution >= 4 is 47.9 Å². The van der Waals surface area contributed by atoms with Gasteiger partial charge in [0.2, 0.25) is 0 Å². The van der Waals surface area contributed by atoms with Crippen LogP contribution in [0.3, 0.4) is 0 Å². The van der Waals surface area contributed by atoms with Crippen LogP contribution in [0, 0.1) is 0 Å². The number of hydrogen-bond acceptors (Lipinski definition) is 3. The van der Waals surface area contributed by atoms with Gasteiger partial charge in [-0.1, -0.05) is 0 Å². The van der Waals surface area contributed by atoms with Gasteiger partial charge in [-0.15, -0.1) is 0 Å². The van der Waals surface area contributed by atoms with Crippen molar-refractivity contribution in [1.29, 1.82) is 0 Å². The molecule has 0 rings (SSSR count). The molecule has 0 atom stereocenters. The van der Waals surface area contributed by atoms with E-state index in [0.717, 1.165) is 0 Å². The predicted molar refractivity (Wildman–Crippen MR) is 24.2 cm³/mol. The Morgan fingerprint density at radius 3 is 1.38 bits per heavy atom. The van der Waals surface area contributed by atoms with E-state index in [1.165, 1.54) is 0 Å². The minimum Gasteiger partial charge on any atom is -0.512 e. The summed E-state index contributed by atoms with van der Waals surface area (Å²) in [5.74, 6) is 0. The Hall–Kier alpha value is 0.434. The molecule has 0 aliphatic rings. The van der Waals surface area contributed by atoms with E-state index in [1.807, 2.05) is 0 Å². The van der Waals surface area contributed by atoms with E-state index < -0.39 is 18.3 Å². The molecule has 0 fully saturated rings. The van der Waals surface area contributed by atoms with Crippen LogP contribution in [0.25, 0.3) is 0 Å². The normalized spacial score (nSPS) is 6.50. The van der Waals surface area contributed by atoms with Gasteiger partial charge in [-0.05, 0) is 0 Å². The van der Waals surface area contributed by atoms with E-state index in [4.69, 9.17) is 9.59 Å². The molecule has 0 aromatic heterocycles. The summed E-state index contributed by atoms with van der Waals surface area (Å²) in [5.41, 5.74) is 0. The summed E-state index contributed by atoms with van der Waals surface area (Å²) >= 11 is 0. The molecule has 0 spiro atoms. The molecule has 0 bridgehead atoms. The van der Waals surface area contributed by atoms with Gasteiger partial charge in [0.05, 0.1) is 0 Å². The largest absolute Gasteiger partial charge is 0.759 e. The van der Waals surface area contributed by atoms with Gasteiger partial charge < -0.3 is 13.7 Å². The van der Waals surface area contributed by atoms with Crippen LogP contribution in [-0.4, -0.2) is 57.5 Å². The molecule has 8 heteroatoms. The van der Waals surface area contributed by atoms with Crippen molar-refractivity contribution in [3.63, 3.8) is 0 Å². The molecule has 0 amide bonds. The fraction of sp³-hybridized carbons (Fsp3) is 0. The van der Waals surface area contributed by atoms with E-state index in [-0.39, 0.29) is 29.6 Å². The van der Waals surface area contributed by atoms with Crippen LogP contribution < -0.4 is 0 Å². The van der Waals surface area contributed by atoms with E-state index in [1.54, 1.807) is 0 Å². The summed E-state index contributed by atoms with van der Waals surface area (Å²) in [6, 6.07) is 0. The van der Waals surface area contributed by atoms with Gasteiger partial charge in [-0.25, -0.2) is 0 Å². The Morgan fingerprint density at radius 1 is 1.12 bits per heavy atom. The maximum Gasteiger partial charge on any atom is 0.759 e. The number of rotatable bonds is 2. The molecule has 0 saturated heterocycles. The molecule has 1 radical (unpaired) electrons. The Labute approximate surface area is 70.4 Å². The van der Waals surface area contributed by atoms with Crippen LogP contribution in [-0.2, 0) is 13.0 Å². The fourth-order valence-corrected chi connectivity index (χ4v) is 0.672. The van der Waals surface area contributed by atoms with Crippen molar-refractivity contribution in [1.82, 2.24) is 0 Å². The molecule has 0 aromatic rings. The summed E-state index contributed by atoms with van der Waals surface area (Å²) < 4.78 is 22.3. The van der Waals surface area contributed by atoms with E-state index in [2.05, 4.69) is 4.12 Å². The number of hydrogen-bond donors (Lipinski definition) is 2. The van der Waals surface area contributed by atoms with Gasteiger partial charge in [0.1, 0.15) is 0 Å². The third-order valence-corrected chi connectivity index (χ3v) is 1.57. The van der Waals surface area contributed by atoms with Crippen molar-refractivity contribution in [2.75, 3.05) is 0 Å². The monoisotopic (exact) mass is 161 g/mol. The van der Waals surface area contributed by atoms with Gasteiger partial charge in [0.15, 0.2) is 0 Å². The first-order valence-electron chi connectivity index (χ1n) is 1.26. The van der Waals surface area contributed by atoms with Crippen LogP contribution in [0.2, 0.25) is 0 Å². The molecule has 0 unspecified atom stereocenters. The Balaban J connectivity index is 0. The van der Waals surface area contributed by atoms with Crippen LogP contribution in [0.1, 0.15) is 0 Å². The second kappa shape index (κ2) is 5.57. The van der Waals surface area contributed by atoms with Crippen molar-refractivity contribution in [2.24, 2.45) is 0 Å². The van der Waals surface area contributed by atoms with Gasteiger partial charge in [0.25, 0.3) is 0 Å². The third-order valence-electron chi connectivity index (χ3n) is 0.175. The molecule has 0 aliphatic heterocycles. The van der Waals surface area contributed by atoms with Gasteiger partial charge in [-0.3, -0.25) is 8.92 Å². The molecule has 2 N–H and O–H groups in total. The first kappa shape index (κ1) is 11.3. The van der Waals surface area contributed by atoms with Crippen LogP contribution in [0.4, 0.5) is 0 Å². The summed E-state index contributed by atoms with van der Waals surface area (Å²) in [6.07, 6.45) is 0. The Morgan fingerprint density at radius 2 is 1.38 bits per heavy atom. The fourth-order valence-electron chi connectivity index (χ4n) is 0.0747. The second-order valence-corrected chi connectivity index (χ2v) is 2.51. The van der Waals surface area contributed by atoms with E-state index >= 15 is 0 Å². The van der Waals surface area contributed by atoms with E-state index in [9.17, 15) is 8.92 Å². The second-order valence-electron chi connectivity index (χ2n) is 0.634. The van der Waals surface area contributed by atoms with Crippen molar-refractivity contribution in [3.05, 3.63) is 0 Å². The van der Waals surface area contributed by atoms with Crippen LogP contribution in [0.15, 0.2) is 0 Å². The molecule has 41 valence electrons. The standard InChI is InChI=1S/Na.H2O5Si2/c;1-6(2)5-7(3)4/h;1,3H. The summed E-state index contributed by atoms with van der Waals surface area (Å²) in [6.45, 7) is 0. The molecular weight excluding hydrogens is 159 g/mol. The summed E-state index contributed by atoms with van der Waals surface area (Å²) in [7, 11) is -6.40. The average Bonchev–Trinajstić information content (AvgIpc) is 1.27. The molecule has 5 nitrogen and oxygen atoms in total. The Bertz CT molecular complexity index is 86.6.